The Morgan fingerprint density at radius 1 is 1.21 bits per heavy atom. The number of nitrogens with zero attached hydrogens (tertiary/aromatic N) is 3. The van der Waals surface area contributed by atoms with Gasteiger partial charge in [0, 0.05) is 24.6 Å². The van der Waals surface area contributed by atoms with Gasteiger partial charge in [-0.15, -0.1) is 0 Å². The van der Waals surface area contributed by atoms with Crippen molar-refractivity contribution in [2.24, 2.45) is 0 Å². The number of aromatic nitrogens is 2. The van der Waals surface area contributed by atoms with E-state index >= 15 is 0 Å². The van der Waals surface area contributed by atoms with Crippen LogP contribution in [0.4, 0.5) is 5.82 Å². The Morgan fingerprint density at radius 3 is 2.42 bits per heavy atom. The zero-order valence-corrected chi connectivity index (χ0v) is 13.5. The Kier molecular flexibility index (Phi) is 6.56. The van der Waals surface area contributed by atoms with Crippen molar-refractivity contribution in [2.75, 3.05) is 11.4 Å². The van der Waals surface area contributed by atoms with Crippen LogP contribution in [0, 0.1) is 0 Å². The average Bonchev–Trinajstić information content (AvgIpc) is 2.38. The summed E-state index contributed by atoms with van der Waals surface area (Å²) in [6, 6.07) is 2.35. The first-order valence-electron chi connectivity index (χ1n) is 7.30. The van der Waals surface area contributed by atoms with E-state index in [-0.39, 0.29) is 0 Å². The topological polar surface area (TPSA) is 29.0 Å². The van der Waals surface area contributed by atoms with E-state index < -0.39 is 0 Å². The molecule has 0 N–H and O–H groups in total. The van der Waals surface area contributed by atoms with Gasteiger partial charge < -0.3 is 4.90 Å². The summed E-state index contributed by atoms with van der Waals surface area (Å²) in [5.74, 6) is 2.08. The molecular formula is C15H26ClN3. The van der Waals surface area contributed by atoms with Gasteiger partial charge in [0.05, 0.1) is 0 Å². The van der Waals surface area contributed by atoms with Crippen LogP contribution in [0.15, 0.2) is 6.07 Å². The molecule has 0 bridgehead atoms. The second kappa shape index (κ2) is 7.68. The van der Waals surface area contributed by atoms with Gasteiger partial charge in [0.25, 0.3) is 0 Å². The lowest BCUT2D eigenvalue weighted by Crippen LogP contribution is -2.34. The first-order chi connectivity index (χ1) is 8.99. The standard InChI is InChI=1S/C15H26ClN3/c1-6-8-9-19(12(5)7-2)14-10-13(16)17-15(18-14)11(3)4/h10-12H,6-9H2,1-5H3. The maximum atomic E-state index is 6.14. The molecule has 1 atom stereocenters. The minimum atomic E-state index is 0.294. The maximum Gasteiger partial charge on any atom is 0.135 e. The van der Waals surface area contributed by atoms with Gasteiger partial charge in [-0.1, -0.05) is 45.7 Å². The van der Waals surface area contributed by atoms with Crippen LogP contribution in [0.1, 0.15) is 65.6 Å². The Hall–Kier alpha value is -0.830. The van der Waals surface area contributed by atoms with Gasteiger partial charge in [-0.2, -0.15) is 0 Å². The van der Waals surface area contributed by atoms with E-state index in [0.717, 1.165) is 24.6 Å². The number of hydrogen-bond acceptors (Lipinski definition) is 3. The van der Waals surface area contributed by atoms with Crippen LogP contribution < -0.4 is 4.90 Å². The van der Waals surface area contributed by atoms with Crippen LogP contribution in [0.2, 0.25) is 5.15 Å². The van der Waals surface area contributed by atoms with Crippen molar-refractivity contribution in [3.05, 3.63) is 17.0 Å². The van der Waals surface area contributed by atoms with Gasteiger partial charge in [-0.3, -0.25) is 0 Å². The molecule has 0 aliphatic heterocycles. The lowest BCUT2D eigenvalue weighted by molar-refractivity contribution is 0.586. The molecule has 108 valence electrons. The molecule has 1 unspecified atom stereocenters. The monoisotopic (exact) mass is 283 g/mol. The highest BCUT2D eigenvalue weighted by Gasteiger charge is 2.16. The number of rotatable bonds is 7. The fourth-order valence-electron chi connectivity index (χ4n) is 1.94. The summed E-state index contributed by atoms with van der Waals surface area (Å²) < 4.78 is 0. The molecule has 1 aromatic rings. The molecule has 3 nitrogen and oxygen atoms in total. The molecule has 0 fully saturated rings. The summed E-state index contributed by atoms with van der Waals surface area (Å²) in [4.78, 5) is 11.3. The lowest BCUT2D eigenvalue weighted by Gasteiger charge is -2.30. The van der Waals surface area contributed by atoms with E-state index in [0.29, 0.717) is 17.1 Å². The second-order valence-corrected chi connectivity index (χ2v) is 5.75. The Balaban J connectivity index is 3.06. The summed E-state index contributed by atoms with van der Waals surface area (Å²) in [7, 11) is 0. The Morgan fingerprint density at radius 2 is 1.89 bits per heavy atom. The van der Waals surface area contributed by atoms with Gasteiger partial charge in [0.2, 0.25) is 0 Å². The zero-order chi connectivity index (χ0) is 14.4. The van der Waals surface area contributed by atoms with Crippen LogP contribution in [-0.4, -0.2) is 22.6 Å². The van der Waals surface area contributed by atoms with Crippen molar-refractivity contribution in [1.29, 1.82) is 0 Å². The van der Waals surface area contributed by atoms with Gasteiger partial charge in [-0.05, 0) is 19.8 Å². The Bertz CT molecular complexity index is 393. The molecule has 4 heteroatoms. The summed E-state index contributed by atoms with van der Waals surface area (Å²) in [5.41, 5.74) is 0. The van der Waals surface area contributed by atoms with E-state index in [2.05, 4.69) is 49.5 Å². The molecule has 19 heavy (non-hydrogen) atoms. The van der Waals surface area contributed by atoms with Crippen LogP contribution in [0.25, 0.3) is 0 Å². The largest absolute Gasteiger partial charge is 0.354 e. The quantitative estimate of drug-likeness (QED) is 0.682. The highest BCUT2D eigenvalue weighted by molar-refractivity contribution is 6.29. The lowest BCUT2D eigenvalue weighted by atomic mass is 10.2. The van der Waals surface area contributed by atoms with Crippen molar-refractivity contribution in [3.63, 3.8) is 0 Å². The van der Waals surface area contributed by atoms with E-state index in [1.54, 1.807) is 0 Å². The number of anilines is 1. The third kappa shape index (κ3) is 4.64. The highest BCUT2D eigenvalue weighted by atomic mass is 35.5. The molecule has 1 rings (SSSR count). The van der Waals surface area contributed by atoms with E-state index in [9.17, 15) is 0 Å². The molecule has 0 amide bonds. The molecule has 0 aliphatic rings. The minimum absolute atomic E-state index is 0.294. The third-order valence-corrected chi connectivity index (χ3v) is 3.58. The number of halogens is 1. The van der Waals surface area contributed by atoms with Gasteiger partial charge in [-0.25, -0.2) is 9.97 Å². The van der Waals surface area contributed by atoms with Gasteiger partial charge in [0.1, 0.15) is 16.8 Å². The second-order valence-electron chi connectivity index (χ2n) is 5.37. The first kappa shape index (κ1) is 16.2. The molecule has 0 spiro atoms. The number of unbranched alkanes of at least 4 members (excludes halogenated alkanes) is 1. The normalized spacial score (nSPS) is 12.8. The molecule has 1 aromatic heterocycles. The molecule has 0 aliphatic carbocycles. The maximum absolute atomic E-state index is 6.14. The summed E-state index contributed by atoms with van der Waals surface area (Å²) in [5, 5.41) is 0.540. The molecule has 0 radical (unpaired) electrons. The average molecular weight is 284 g/mol. The zero-order valence-electron chi connectivity index (χ0n) is 12.8. The van der Waals surface area contributed by atoms with Crippen molar-refractivity contribution >= 4 is 17.4 Å². The predicted octanol–water partition coefficient (Wildman–Crippen LogP) is 4.66. The van der Waals surface area contributed by atoms with Crippen molar-refractivity contribution in [3.8, 4) is 0 Å². The molecular weight excluding hydrogens is 258 g/mol. The van der Waals surface area contributed by atoms with Gasteiger partial charge >= 0.3 is 0 Å². The van der Waals surface area contributed by atoms with Gasteiger partial charge in [0.15, 0.2) is 0 Å². The molecule has 0 saturated heterocycles. The summed E-state index contributed by atoms with van der Waals surface area (Å²) in [6.45, 7) is 11.9. The number of hydrogen-bond donors (Lipinski definition) is 0. The molecule has 0 saturated carbocycles. The fraction of sp³-hybridized carbons (Fsp3) is 0.733. The van der Waals surface area contributed by atoms with Crippen LogP contribution >= 0.6 is 11.6 Å². The van der Waals surface area contributed by atoms with Crippen LogP contribution in [0.3, 0.4) is 0 Å². The minimum Gasteiger partial charge on any atom is -0.354 e. The molecule has 0 aromatic carbocycles. The summed E-state index contributed by atoms with van der Waals surface area (Å²) >= 11 is 6.14. The van der Waals surface area contributed by atoms with Crippen molar-refractivity contribution in [2.45, 2.75) is 65.8 Å². The summed E-state index contributed by atoms with van der Waals surface area (Å²) in [6.07, 6.45) is 3.45. The van der Waals surface area contributed by atoms with Crippen molar-refractivity contribution < 1.29 is 0 Å². The van der Waals surface area contributed by atoms with Crippen LogP contribution in [-0.2, 0) is 0 Å². The third-order valence-electron chi connectivity index (χ3n) is 3.38. The highest BCUT2D eigenvalue weighted by Crippen LogP contribution is 2.22. The Labute approximate surface area is 122 Å². The SMILES string of the molecule is CCCCN(c1cc(Cl)nc(C(C)C)n1)C(C)CC. The predicted molar refractivity (Wildman–Crippen MR) is 83.1 cm³/mol. The van der Waals surface area contributed by atoms with Crippen LogP contribution in [0.5, 0.6) is 0 Å². The van der Waals surface area contributed by atoms with E-state index in [1.807, 2.05) is 6.07 Å². The molecule has 1 heterocycles. The fourth-order valence-corrected chi connectivity index (χ4v) is 2.12. The van der Waals surface area contributed by atoms with E-state index in [4.69, 9.17) is 11.6 Å². The van der Waals surface area contributed by atoms with E-state index in [1.165, 1.54) is 12.8 Å². The van der Waals surface area contributed by atoms with Crippen molar-refractivity contribution in [1.82, 2.24) is 9.97 Å². The smallest absolute Gasteiger partial charge is 0.135 e. The first-order valence-corrected chi connectivity index (χ1v) is 7.68.